The minimum absolute atomic E-state index is 0.105. The molecule has 26 heavy (non-hydrogen) atoms. The van der Waals surface area contributed by atoms with Gasteiger partial charge >= 0.3 is 5.97 Å². The molecule has 2 rings (SSSR count). The summed E-state index contributed by atoms with van der Waals surface area (Å²) >= 11 is 6.26. The van der Waals surface area contributed by atoms with Gasteiger partial charge in [-0.15, -0.1) is 0 Å². The zero-order valence-corrected chi connectivity index (χ0v) is 16.0. The lowest BCUT2D eigenvalue weighted by Crippen LogP contribution is -2.33. The van der Waals surface area contributed by atoms with E-state index in [0.29, 0.717) is 23.7 Å². The zero-order chi connectivity index (χ0) is 18.9. The van der Waals surface area contributed by atoms with Gasteiger partial charge in [0.1, 0.15) is 0 Å². The summed E-state index contributed by atoms with van der Waals surface area (Å²) < 4.78 is 4.99. The van der Waals surface area contributed by atoms with E-state index in [-0.39, 0.29) is 24.8 Å². The third-order valence-electron chi connectivity index (χ3n) is 4.13. The van der Waals surface area contributed by atoms with Crippen molar-refractivity contribution in [2.24, 2.45) is 0 Å². The van der Waals surface area contributed by atoms with Gasteiger partial charge in [-0.1, -0.05) is 54.9 Å². The smallest absolute Gasteiger partial charge is 0.307 e. The van der Waals surface area contributed by atoms with E-state index in [9.17, 15) is 9.59 Å². The molecule has 0 radical (unpaired) electrons. The minimum atomic E-state index is -0.312. The molecule has 0 spiro atoms. The topological polar surface area (TPSA) is 46.6 Å². The Morgan fingerprint density at radius 2 is 1.65 bits per heavy atom. The Bertz CT molecular complexity index is 760. The molecule has 0 unspecified atom stereocenters. The number of hydrogen-bond donors (Lipinski definition) is 0. The molecule has 2 aromatic carbocycles. The number of hydrogen-bond acceptors (Lipinski definition) is 3. The van der Waals surface area contributed by atoms with Crippen LogP contribution >= 0.6 is 11.6 Å². The maximum Gasteiger partial charge on any atom is 0.307 e. The first-order chi connectivity index (χ1) is 12.6. The van der Waals surface area contributed by atoms with Gasteiger partial charge < -0.3 is 9.64 Å². The van der Waals surface area contributed by atoms with E-state index in [4.69, 9.17) is 16.3 Å². The predicted molar refractivity (Wildman–Crippen MR) is 103 cm³/mol. The van der Waals surface area contributed by atoms with Crippen LogP contribution in [0.3, 0.4) is 0 Å². The summed E-state index contributed by atoms with van der Waals surface area (Å²) in [5.74, 6) is -0.417. The molecule has 0 aliphatic carbocycles. The Kier molecular flexibility index (Phi) is 7.67. The van der Waals surface area contributed by atoms with Gasteiger partial charge in [0.25, 0.3) is 5.91 Å². The van der Waals surface area contributed by atoms with Crippen molar-refractivity contribution >= 4 is 23.5 Å². The molecule has 2 aromatic rings. The summed E-state index contributed by atoms with van der Waals surface area (Å²) in [5.41, 5.74) is 2.49. The van der Waals surface area contributed by atoms with Crippen LogP contribution in [0.4, 0.5) is 0 Å². The van der Waals surface area contributed by atoms with Crippen LogP contribution in [-0.2, 0) is 22.5 Å². The Morgan fingerprint density at radius 3 is 2.31 bits per heavy atom. The first-order valence-corrected chi connectivity index (χ1v) is 9.20. The summed E-state index contributed by atoms with van der Waals surface area (Å²) in [6.45, 7) is 4.73. The van der Waals surface area contributed by atoms with Crippen molar-refractivity contribution in [1.29, 1.82) is 0 Å². The standard InChI is InChI=1S/C21H24ClNO3/c1-3-16-9-5-7-11-18(16)21(25)23(14-13-20(24)26-4-2)15-17-10-6-8-12-19(17)22/h5-12H,3-4,13-15H2,1-2H3. The van der Waals surface area contributed by atoms with E-state index in [1.807, 2.05) is 49.4 Å². The largest absolute Gasteiger partial charge is 0.466 e. The van der Waals surface area contributed by atoms with Crippen molar-refractivity contribution in [2.75, 3.05) is 13.2 Å². The fourth-order valence-corrected chi connectivity index (χ4v) is 2.95. The Balaban J connectivity index is 2.25. The fourth-order valence-electron chi connectivity index (χ4n) is 2.75. The quantitative estimate of drug-likeness (QED) is 0.640. The monoisotopic (exact) mass is 373 g/mol. The molecule has 0 saturated heterocycles. The average molecular weight is 374 g/mol. The minimum Gasteiger partial charge on any atom is -0.466 e. The number of halogens is 1. The normalized spacial score (nSPS) is 10.4. The number of ether oxygens (including phenoxy) is 1. The number of aryl methyl sites for hydroxylation is 1. The van der Waals surface area contributed by atoms with E-state index in [2.05, 4.69) is 0 Å². The van der Waals surface area contributed by atoms with Crippen LogP contribution in [0.2, 0.25) is 5.02 Å². The fraction of sp³-hybridized carbons (Fsp3) is 0.333. The van der Waals surface area contributed by atoms with Crippen LogP contribution in [0.25, 0.3) is 0 Å². The van der Waals surface area contributed by atoms with Crippen LogP contribution in [0.1, 0.15) is 41.8 Å². The number of amides is 1. The molecular weight excluding hydrogens is 350 g/mol. The second kappa shape index (κ2) is 9.97. The van der Waals surface area contributed by atoms with Crippen molar-refractivity contribution in [3.8, 4) is 0 Å². The van der Waals surface area contributed by atoms with Crippen LogP contribution in [0.5, 0.6) is 0 Å². The third-order valence-corrected chi connectivity index (χ3v) is 4.49. The number of rotatable bonds is 8. The third kappa shape index (κ3) is 5.33. The summed E-state index contributed by atoms with van der Waals surface area (Å²) in [7, 11) is 0. The molecular formula is C21H24ClNO3. The molecule has 0 bridgehead atoms. The average Bonchev–Trinajstić information content (AvgIpc) is 2.66. The molecule has 0 heterocycles. The van der Waals surface area contributed by atoms with E-state index < -0.39 is 0 Å². The number of carbonyl (C=O) groups is 2. The molecule has 138 valence electrons. The van der Waals surface area contributed by atoms with Gasteiger partial charge in [0, 0.05) is 23.7 Å². The van der Waals surface area contributed by atoms with Crippen molar-refractivity contribution < 1.29 is 14.3 Å². The molecule has 0 atom stereocenters. The van der Waals surface area contributed by atoms with E-state index in [1.54, 1.807) is 17.9 Å². The second-order valence-electron chi connectivity index (χ2n) is 5.88. The van der Waals surface area contributed by atoms with Gasteiger partial charge in [-0.25, -0.2) is 0 Å². The van der Waals surface area contributed by atoms with Crippen LogP contribution < -0.4 is 0 Å². The van der Waals surface area contributed by atoms with Gasteiger partial charge in [-0.2, -0.15) is 0 Å². The number of nitrogens with zero attached hydrogens (tertiary/aromatic N) is 1. The Morgan fingerprint density at radius 1 is 1.00 bits per heavy atom. The lowest BCUT2D eigenvalue weighted by Gasteiger charge is -2.24. The summed E-state index contributed by atoms with van der Waals surface area (Å²) in [6, 6.07) is 15.0. The van der Waals surface area contributed by atoms with E-state index >= 15 is 0 Å². The molecule has 0 saturated carbocycles. The van der Waals surface area contributed by atoms with Gasteiger partial charge in [0.2, 0.25) is 0 Å². The molecule has 0 N–H and O–H groups in total. The summed E-state index contributed by atoms with van der Waals surface area (Å²) in [4.78, 5) is 26.6. The van der Waals surface area contributed by atoms with Crippen molar-refractivity contribution in [1.82, 2.24) is 4.90 Å². The molecule has 0 aromatic heterocycles. The van der Waals surface area contributed by atoms with Crippen LogP contribution in [-0.4, -0.2) is 29.9 Å². The zero-order valence-electron chi connectivity index (χ0n) is 15.2. The highest BCUT2D eigenvalue weighted by Gasteiger charge is 2.20. The molecule has 1 amide bonds. The van der Waals surface area contributed by atoms with Crippen molar-refractivity contribution in [2.45, 2.75) is 33.2 Å². The van der Waals surface area contributed by atoms with Gasteiger partial charge in [-0.05, 0) is 36.6 Å². The lowest BCUT2D eigenvalue weighted by atomic mass is 10.0. The number of carbonyl (C=O) groups excluding carboxylic acids is 2. The maximum atomic E-state index is 13.1. The van der Waals surface area contributed by atoms with Crippen LogP contribution in [0, 0.1) is 0 Å². The first kappa shape index (κ1) is 20.0. The predicted octanol–water partition coefficient (Wildman–Crippen LogP) is 4.50. The number of esters is 1. The Hall–Kier alpha value is -2.33. The van der Waals surface area contributed by atoms with E-state index in [0.717, 1.165) is 17.5 Å². The SMILES string of the molecule is CCOC(=O)CCN(Cc1ccccc1Cl)C(=O)c1ccccc1CC. The van der Waals surface area contributed by atoms with Crippen LogP contribution in [0.15, 0.2) is 48.5 Å². The Labute approximate surface area is 159 Å². The highest BCUT2D eigenvalue weighted by atomic mass is 35.5. The first-order valence-electron chi connectivity index (χ1n) is 8.83. The second-order valence-corrected chi connectivity index (χ2v) is 6.29. The molecule has 0 aliphatic rings. The van der Waals surface area contributed by atoms with Crippen molar-refractivity contribution in [3.05, 3.63) is 70.2 Å². The van der Waals surface area contributed by atoms with Gasteiger partial charge in [-0.3, -0.25) is 9.59 Å². The summed E-state index contributed by atoms with van der Waals surface area (Å²) in [6.07, 6.45) is 0.915. The maximum absolute atomic E-state index is 13.1. The number of benzene rings is 2. The van der Waals surface area contributed by atoms with E-state index in [1.165, 1.54) is 0 Å². The summed E-state index contributed by atoms with van der Waals surface area (Å²) in [5, 5.41) is 0.602. The highest BCUT2D eigenvalue weighted by molar-refractivity contribution is 6.31. The van der Waals surface area contributed by atoms with Crippen molar-refractivity contribution in [3.63, 3.8) is 0 Å². The molecule has 5 heteroatoms. The van der Waals surface area contributed by atoms with Gasteiger partial charge in [0.05, 0.1) is 13.0 Å². The lowest BCUT2D eigenvalue weighted by molar-refractivity contribution is -0.143. The molecule has 4 nitrogen and oxygen atoms in total. The molecule has 0 fully saturated rings. The van der Waals surface area contributed by atoms with Gasteiger partial charge in [0.15, 0.2) is 0 Å². The molecule has 0 aliphatic heterocycles. The highest BCUT2D eigenvalue weighted by Crippen LogP contribution is 2.20.